The molecule has 2 aromatic carbocycles. The van der Waals surface area contributed by atoms with E-state index in [4.69, 9.17) is 0 Å². The Morgan fingerprint density at radius 1 is 1.10 bits per heavy atom. The maximum atomic E-state index is 12.5. The lowest BCUT2D eigenvalue weighted by molar-refractivity contribution is -0.116. The molecule has 0 aliphatic heterocycles. The first kappa shape index (κ1) is 19.5. The molecule has 0 radical (unpaired) electrons. The Hall–Kier alpha value is -3.79. The number of carbonyl (C=O) groups excluding carboxylic acids is 2. The van der Waals surface area contributed by atoms with E-state index in [9.17, 15) is 19.2 Å². The molecule has 10 heteroatoms. The maximum absolute atomic E-state index is 12.5. The highest BCUT2D eigenvalue weighted by molar-refractivity contribution is 7.22. The van der Waals surface area contributed by atoms with Crippen molar-refractivity contribution in [2.24, 2.45) is 0 Å². The number of H-pyrrole nitrogens is 1. The van der Waals surface area contributed by atoms with Crippen molar-refractivity contribution in [1.29, 1.82) is 0 Å². The number of fused-ring (bicyclic) bond motifs is 2. The molecule has 0 aliphatic carbocycles. The predicted octanol–water partition coefficient (Wildman–Crippen LogP) is 2.29. The summed E-state index contributed by atoms with van der Waals surface area (Å²) in [7, 11) is 0. The van der Waals surface area contributed by atoms with E-state index in [1.54, 1.807) is 42.5 Å². The molecule has 0 aliphatic rings. The highest BCUT2D eigenvalue weighted by atomic mass is 32.1. The van der Waals surface area contributed by atoms with E-state index in [0.29, 0.717) is 27.1 Å². The van der Waals surface area contributed by atoms with E-state index in [2.05, 4.69) is 20.7 Å². The zero-order valence-corrected chi connectivity index (χ0v) is 16.7. The van der Waals surface area contributed by atoms with Crippen molar-refractivity contribution < 1.29 is 9.59 Å². The molecule has 30 heavy (non-hydrogen) atoms. The fourth-order valence-corrected chi connectivity index (χ4v) is 3.98. The van der Waals surface area contributed by atoms with E-state index >= 15 is 0 Å². The van der Waals surface area contributed by atoms with Gasteiger partial charge in [-0.15, -0.1) is 0 Å². The molecule has 0 saturated carbocycles. The molecule has 2 heterocycles. The fourth-order valence-electron chi connectivity index (χ4n) is 3.06. The number of hydrogen-bond donors (Lipinski definition) is 3. The van der Waals surface area contributed by atoms with E-state index in [1.807, 2.05) is 0 Å². The molecule has 0 spiro atoms. The number of amides is 2. The van der Waals surface area contributed by atoms with Crippen LogP contribution in [0.15, 0.2) is 52.1 Å². The van der Waals surface area contributed by atoms with Crippen molar-refractivity contribution in [2.75, 3.05) is 10.6 Å². The van der Waals surface area contributed by atoms with Gasteiger partial charge in [-0.2, -0.15) is 0 Å². The molecule has 152 valence electrons. The van der Waals surface area contributed by atoms with Crippen LogP contribution in [0.25, 0.3) is 21.0 Å². The van der Waals surface area contributed by atoms with E-state index in [-0.39, 0.29) is 35.9 Å². The van der Waals surface area contributed by atoms with Crippen molar-refractivity contribution in [1.82, 2.24) is 14.8 Å². The summed E-state index contributed by atoms with van der Waals surface area (Å²) in [6.07, 6.45) is -0.0126. The highest BCUT2D eigenvalue weighted by Crippen LogP contribution is 2.28. The summed E-state index contributed by atoms with van der Waals surface area (Å²) in [5.74, 6) is -0.508. The van der Waals surface area contributed by atoms with Crippen LogP contribution in [0.4, 0.5) is 10.8 Å². The Balaban J connectivity index is 1.47. The van der Waals surface area contributed by atoms with E-state index in [0.717, 1.165) is 9.38 Å². The number of nitrogens with one attached hydrogen (secondary N) is 3. The normalized spacial score (nSPS) is 11.0. The van der Waals surface area contributed by atoms with Gasteiger partial charge >= 0.3 is 0 Å². The van der Waals surface area contributed by atoms with Crippen LogP contribution < -0.4 is 21.8 Å². The summed E-state index contributed by atoms with van der Waals surface area (Å²) in [5.41, 5.74) is 0.603. The number of benzene rings is 2. The molecule has 2 amide bonds. The summed E-state index contributed by atoms with van der Waals surface area (Å²) in [5, 5.41) is 8.94. The van der Waals surface area contributed by atoms with Crippen LogP contribution in [0.1, 0.15) is 13.3 Å². The minimum atomic E-state index is -0.383. The van der Waals surface area contributed by atoms with Gasteiger partial charge in [0.2, 0.25) is 11.8 Å². The number of nitrogens with zero attached hydrogens (tertiary/aromatic N) is 2. The standard InChI is InChI=1S/C20H17N5O4S/c1-11(26)21-12-6-7-15-16(10-12)30-20(22-15)23-17(27)8-9-25-19(29)14-5-3-2-4-13(14)18(28)24-25/h2-7,10H,8-9H2,1H3,(H,21,26)(H,24,28)(H,22,23,27). The second-order valence-electron chi connectivity index (χ2n) is 6.62. The Kier molecular flexibility index (Phi) is 5.15. The quantitative estimate of drug-likeness (QED) is 0.454. The molecule has 0 fully saturated rings. The number of anilines is 2. The van der Waals surface area contributed by atoms with Crippen LogP contribution in [0.5, 0.6) is 0 Å². The first-order valence-corrected chi connectivity index (χ1v) is 9.92. The number of aromatic amines is 1. The van der Waals surface area contributed by atoms with E-state index in [1.165, 1.54) is 18.3 Å². The van der Waals surface area contributed by atoms with Crippen molar-refractivity contribution in [3.05, 3.63) is 63.2 Å². The smallest absolute Gasteiger partial charge is 0.273 e. The average molecular weight is 423 g/mol. The molecule has 0 bridgehead atoms. The molecular weight excluding hydrogens is 406 g/mol. The molecule has 0 unspecified atom stereocenters. The summed E-state index contributed by atoms with van der Waals surface area (Å²) in [6.45, 7) is 1.46. The largest absolute Gasteiger partial charge is 0.326 e. The second kappa shape index (κ2) is 7.91. The minimum absolute atomic E-state index is 0.0126. The summed E-state index contributed by atoms with van der Waals surface area (Å²) in [4.78, 5) is 52.5. The van der Waals surface area contributed by atoms with Gasteiger partial charge < -0.3 is 10.6 Å². The Morgan fingerprint density at radius 3 is 2.63 bits per heavy atom. The SMILES string of the molecule is CC(=O)Nc1ccc2nc(NC(=O)CCn3[nH]c(=O)c4ccccc4c3=O)sc2c1. The number of rotatable bonds is 5. The summed E-state index contributed by atoms with van der Waals surface area (Å²) >= 11 is 1.28. The minimum Gasteiger partial charge on any atom is -0.326 e. The lowest BCUT2D eigenvalue weighted by Gasteiger charge is -2.07. The number of carbonyl (C=O) groups is 2. The molecule has 0 saturated heterocycles. The van der Waals surface area contributed by atoms with Crippen molar-refractivity contribution in [3.8, 4) is 0 Å². The predicted molar refractivity (Wildman–Crippen MR) is 116 cm³/mol. The molecule has 4 aromatic rings. The van der Waals surface area contributed by atoms with Gasteiger partial charge in [0, 0.05) is 19.0 Å². The molecule has 9 nitrogen and oxygen atoms in total. The maximum Gasteiger partial charge on any atom is 0.273 e. The number of hydrogen-bond acceptors (Lipinski definition) is 6. The van der Waals surface area contributed by atoms with Crippen LogP contribution in [0.2, 0.25) is 0 Å². The van der Waals surface area contributed by atoms with Crippen LogP contribution in [-0.4, -0.2) is 26.6 Å². The zero-order chi connectivity index (χ0) is 21.3. The summed E-state index contributed by atoms with van der Waals surface area (Å²) in [6, 6.07) is 11.8. The van der Waals surface area contributed by atoms with Crippen molar-refractivity contribution in [3.63, 3.8) is 0 Å². The Labute approximate surface area is 173 Å². The average Bonchev–Trinajstić information content (AvgIpc) is 3.10. The third-order valence-electron chi connectivity index (χ3n) is 4.40. The lowest BCUT2D eigenvalue weighted by Crippen LogP contribution is -2.31. The molecule has 0 atom stereocenters. The van der Waals surface area contributed by atoms with Crippen molar-refractivity contribution >= 4 is 55.0 Å². The van der Waals surface area contributed by atoms with E-state index < -0.39 is 0 Å². The lowest BCUT2D eigenvalue weighted by atomic mass is 10.2. The number of aryl methyl sites for hydroxylation is 1. The van der Waals surface area contributed by atoms with Crippen LogP contribution in [0, 0.1) is 0 Å². The highest BCUT2D eigenvalue weighted by Gasteiger charge is 2.11. The fraction of sp³-hybridized carbons (Fsp3) is 0.150. The zero-order valence-electron chi connectivity index (χ0n) is 15.9. The summed E-state index contributed by atoms with van der Waals surface area (Å²) < 4.78 is 1.95. The van der Waals surface area contributed by atoms with Gasteiger partial charge in [0.05, 0.1) is 27.5 Å². The van der Waals surface area contributed by atoms with Gasteiger partial charge in [0.1, 0.15) is 0 Å². The first-order valence-electron chi connectivity index (χ1n) is 9.10. The molecule has 2 aromatic heterocycles. The van der Waals surface area contributed by atoms with Gasteiger partial charge in [-0.3, -0.25) is 24.3 Å². The second-order valence-corrected chi connectivity index (χ2v) is 7.65. The third-order valence-corrected chi connectivity index (χ3v) is 5.33. The van der Waals surface area contributed by atoms with Crippen LogP contribution in [-0.2, 0) is 16.1 Å². The Morgan fingerprint density at radius 2 is 1.87 bits per heavy atom. The van der Waals surface area contributed by atoms with Crippen molar-refractivity contribution in [2.45, 2.75) is 19.9 Å². The first-order chi connectivity index (χ1) is 14.4. The van der Waals surface area contributed by atoms with Gasteiger partial charge in [0.25, 0.3) is 11.1 Å². The Bertz CT molecular complexity index is 1400. The third kappa shape index (κ3) is 3.98. The van der Waals surface area contributed by atoms with Gasteiger partial charge in [-0.05, 0) is 30.3 Å². The van der Waals surface area contributed by atoms with Gasteiger partial charge in [-0.1, -0.05) is 23.5 Å². The molecule has 4 rings (SSSR count). The van der Waals surface area contributed by atoms with Gasteiger partial charge in [0.15, 0.2) is 5.13 Å². The monoisotopic (exact) mass is 423 g/mol. The van der Waals surface area contributed by atoms with Crippen LogP contribution in [0.3, 0.4) is 0 Å². The number of thiazole rings is 1. The van der Waals surface area contributed by atoms with Crippen LogP contribution >= 0.6 is 11.3 Å². The topological polar surface area (TPSA) is 126 Å². The molecule has 3 N–H and O–H groups in total. The van der Waals surface area contributed by atoms with Gasteiger partial charge in [-0.25, -0.2) is 9.67 Å². The number of aromatic nitrogens is 3. The molecular formula is C20H17N5O4S.